The topological polar surface area (TPSA) is 33.1 Å². The summed E-state index contributed by atoms with van der Waals surface area (Å²) < 4.78 is 13.6. The molecular weight excluding hydrogens is 249 g/mol. The minimum Gasteiger partial charge on any atom is -0.383 e. The first-order valence-corrected chi connectivity index (χ1v) is 6.96. The van der Waals surface area contributed by atoms with Crippen LogP contribution in [0.5, 0.6) is 0 Å². The van der Waals surface area contributed by atoms with E-state index in [0.717, 1.165) is 23.9 Å². The van der Waals surface area contributed by atoms with Gasteiger partial charge < -0.3 is 5.11 Å². The van der Waals surface area contributed by atoms with Crippen molar-refractivity contribution in [1.29, 1.82) is 0 Å². The molecule has 0 saturated heterocycles. The third-order valence-corrected chi connectivity index (χ3v) is 4.67. The molecule has 1 atom stereocenters. The van der Waals surface area contributed by atoms with Gasteiger partial charge in [-0.3, -0.25) is 4.98 Å². The predicted octanol–water partition coefficient (Wildman–Crippen LogP) is 3.24. The molecule has 2 heterocycles. The average molecular weight is 263 g/mol. The van der Waals surface area contributed by atoms with Gasteiger partial charge in [-0.15, -0.1) is 11.3 Å². The molecule has 2 nitrogen and oxygen atoms in total. The number of nitrogens with zero attached hydrogens (tertiary/aromatic N) is 1. The van der Waals surface area contributed by atoms with Crippen molar-refractivity contribution in [2.45, 2.75) is 31.8 Å². The van der Waals surface area contributed by atoms with Crippen molar-refractivity contribution in [3.8, 4) is 0 Å². The van der Waals surface area contributed by atoms with Gasteiger partial charge in [0.1, 0.15) is 11.9 Å². The zero-order chi connectivity index (χ0) is 12.5. The maximum Gasteiger partial charge on any atom is 0.147 e. The Morgan fingerprint density at radius 1 is 1.33 bits per heavy atom. The second-order valence-corrected chi connectivity index (χ2v) is 5.77. The van der Waals surface area contributed by atoms with E-state index in [1.54, 1.807) is 17.4 Å². The maximum atomic E-state index is 13.6. The number of pyridine rings is 1. The summed E-state index contributed by atoms with van der Waals surface area (Å²) in [6.45, 7) is 0. The highest BCUT2D eigenvalue weighted by molar-refractivity contribution is 7.12. The third kappa shape index (κ3) is 2.06. The van der Waals surface area contributed by atoms with E-state index >= 15 is 0 Å². The smallest absolute Gasteiger partial charge is 0.147 e. The average Bonchev–Trinajstić information content (AvgIpc) is 2.82. The lowest BCUT2D eigenvalue weighted by Crippen LogP contribution is -2.00. The molecule has 1 aliphatic rings. The van der Waals surface area contributed by atoms with E-state index in [0.29, 0.717) is 5.56 Å². The summed E-state index contributed by atoms with van der Waals surface area (Å²) in [5.41, 5.74) is 1.64. The first-order valence-electron chi connectivity index (χ1n) is 6.14. The van der Waals surface area contributed by atoms with Crippen LogP contribution in [0.4, 0.5) is 4.39 Å². The molecule has 1 aliphatic carbocycles. The van der Waals surface area contributed by atoms with Crippen molar-refractivity contribution in [2.24, 2.45) is 0 Å². The summed E-state index contributed by atoms with van der Waals surface area (Å²) >= 11 is 1.61. The summed E-state index contributed by atoms with van der Waals surface area (Å²) in [5, 5.41) is 10.3. The van der Waals surface area contributed by atoms with Gasteiger partial charge in [0.2, 0.25) is 0 Å². The zero-order valence-electron chi connectivity index (χ0n) is 9.90. The molecule has 2 aromatic rings. The van der Waals surface area contributed by atoms with Crippen molar-refractivity contribution >= 4 is 11.3 Å². The molecule has 0 amide bonds. The Morgan fingerprint density at radius 3 is 2.94 bits per heavy atom. The van der Waals surface area contributed by atoms with Crippen molar-refractivity contribution in [2.75, 3.05) is 0 Å². The standard InChI is InChI=1S/C14H14FNOS/c15-11-8-16-6-5-10(11)14(17)13-7-9-3-1-2-4-12(9)18-13/h5-8,14,17H,1-4H2. The number of fused-ring (bicyclic) bond motifs is 1. The number of rotatable bonds is 2. The van der Waals surface area contributed by atoms with Crippen LogP contribution in [0.1, 0.15) is 39.8 Å². The molecule has 0 bridgehead atoms. The van der Waals surface area contributed by atoms with Gasteiger partial charge in [-0.05, 0) is 43.4 Å². The Morgan fingerprint density at radius 2 is 2.17 bits per heavy atom. The normalized spacial score (nSPS) is 16.3. The van der Waals surface area contributed by atoms with Crippen LogP contribution in [0.3, 0.4) is 0 Å². The minimum absolute atomic E-state index is 0.309. The van der Waals surface area contributed by atoms with Crippen LogP contribution in [-0.4, -0.2) is 10.1 Å². The molecule has 0 aromatic carbocycles. The number of aryl methyl sites for hydroxylation is 2. The molecular formula is C14H14FNOS. The van der Waals surface area contributed by atoms with Gasteiger partial charge in [-0.1, -0.05) is 0 Å². The van der Waals surface area contributed by atoms with Gasteiger partial charge in [0.05, 0.1) is 6.20 Å². The van der Waals surface area contributed by atoms with Crippen molar-refractivity contribution < 1.29 is 9.50 Å². The van der Waals surface area contributed by atoms with E-state index < -0.39 is 11.9 Å². The largest absolute Gasteiger partial charge is 0.383 e. The Bertz CT molecular complexity index is 543. The number of aliphatic hydroxyl groups is 1. The lowest BCUT2D eigenvalue weighted by atomic mass is 9.98. The predicted molar refractivity (Wildman–Crippen MR) is 69.2 cm³/mol. The number of aliphatic hydroxyl groups excluding tert-OH is 1. The van der Waals surface area contributed by atoms with Crippen LogP contribution in [0, 0.1) is 5.82 Å². The van der Waals surface area contributed by atoms with E-state index in [9.17, 15) is 9.50 Å². The molecule has 0 radical (unpaired) electrons. The SMILES string of the molecule is OC(c1cc2c(s1)CCCC2)c1ccncc1F. The summed E-state index contributed by atoms with van der Waals surface area (Å²) in [6, 6.07) is 3.57. The van der Waals surface area contributed by atoms with Crippen LogP contribution in [0.25, 0.3) is 0 Å². The maximum absolute atomic E-state index is 13.6. The highest BCUT2D eigenvalue weighted by Gasteiger charge is 2.20. The van der Waals surface area contributed by atoms with E-state index in [1.165, 1.54) is 29.5 Å². The molecule has 4 heteroatoms. The second-order valence-electron chi connectivity index (χ2n) is 4.60. The monoisotopic (exact) mass is 263 g/mol. The van der Waals surface area contributed by atoms with Gasteiger partial charge in [-0.2, -0.15) is 0 Å². The third-order valence-electron chi connectivity index (χ3n) is 3.38. The fourth-order valence-corrected chi connectivity index (χ4v) is 3.67. The number of halogens is 1. The van der Waals surface area contributed by atoms with Crippen LogP contribution >= 0.6 is 11.3 Å². The van der Waals surface area contributed by atoms with Crippen LogP contribution in [0.15, 0.2) is 24.5 Å². The first kappa shape index (κ1) is 11.8. The van der Waals surface area contributed by atoms with E-state index in [4.69, 9.17) is 0 Å². The summed E-state index contributed by atoms with van der Waals surface area (Å²) in [5.74, 6) is -0.448. The van der Waals surface area contributed by atoms with Gasteiger partial charge in [0, 0.05) is 21.5 Å². The number of thiophene rings is 1. The summed E-state index contributed by atoms with van der Waals surface area (Å²) in [6.07, 6.45) is 6.38. The zero-order valence-corrected chi connectivity index (χ0v) is 10.7. The fourth-order valence-electron chi connectivity index (χ4n) is 2.41. The molecule has 0 saturated carbocycles. The van der Waals surface area contributed by atoms with Gasteiger partial charge in [0.25, 0.3) is 0 Å². The van der Waals surface area contributed by atoms with Crippen molar-refractivity contribution in [3.05, 3.63) is 51.2 Å². The van der Waals surface area contributed by atoms with Crippen molar-refractivity contribution in [1.82, 2.24) is 4.98 Å². The Labute approximate surface area is 109 Å². The molecule has 0 aliphatic heterocycles. The van der Waals surface area contributed by atoms with E-state index in [-0.39, 0.29) is 0 Å². The highest BCUT2D eigenvalue weighted by Crippen LogP contribution is 2.35. The van der Waals surface area contributed by atoms with E-state index in [1.807, 2.05) is 6.07 Å². The fraction of sp³-hybridized carbons (Fsp3) is 0.357. The minimum atomic E-state index is -0.872. The molecule has 1 unspecified atom stereocenters. The molecule has 18 heavy (non-hydrogen) atoms. The number of aromatic nitrogens is 1. The lowest BCUT2D eigenvalue weighted by molar-refractivity contribution is 0.218. The second kappa shape index (κ2) is 4.78. The molecule has 0 fully saturated rings. The van der Waals surface area contributed by atoms with Gasteiger partial charge in [-0.25, -0.2) is 4.39 Å². The Balaban J connectivity index is 1.95. The summed E-state index contributed by atoms with van der Waals surface area (Å²) in [7, 11) is 0. The number of hydrogen-bond donors (Lipinski definition) is 1. The van der Waals surface area contributed by atoms with Crippen molar-refractivity contribution in [3.63, 3.8) is 0 Å². The van der Waals surface area contributed by atoms with Crippen LogP contribution < -0.4 is 0 Å². The van der Waals surface area contributed by atoms with Gasteiger partial charge >= 0.3 is 0 Å². The highest BCUT2D eigenvalue weighted by atomic mass is 32.1. The molecule has 1 N–H and O–H groups in total. The van der Waals surface area contributed by atoms with Crippen LogP contribution in [0.2, 0.25) is 0 Å². The van der Waals surface area contributed by atoms with E-state index in [2.05, 4.69) is 4.98 Å². The molecule has 2 aromatic heterocycles. The first-order chi connectivity index (χ1) is 8.75. The molecule has 3 rings (SSSR count). The quantitative estimate of drug-likeness (QED) is 0.902. The molecule has 94 valence electrons. The molecule has 0 spiro atoms. The Kier molecular flexibility index (Phi) is 3.14. The van der Waals surface area contributed by atoms with Crippen LogP contribution in [-0.2, 0) is 12.8 Å². The summed E-state index contributed by atoms with van der Waals surface area (Å²) in [4.78, 5) is 5.89. The van der Waals surface area contributed by atoms with Gasteiger partial charge in [0.15, 0.2) is 0 Å². The number of hydrogen-bond acceptors (Lipinski definition) is 3. The Hall–Kier alpha value is -1.26. The lowest BCUT2D eigenvalue weighted by Gasteiger charge is -2.09.